The third-order valence-electron chi connectivity index (χ3n) is 4.49. The van der Waals surface area contributed by atoms with Crippen molar-refractivity contribution < 1.29 is 9.21 Å². The maximum atomic E-state index is 12.2. The quantitative estimate of drug-likeness (QED) is 0.769. The van der Waals surface area contributed by atoms with Crippen molar-refractivity contribution >= 4 is 33.6 Å². The number of aromatic nitrogens is 2. The molecular formula is C18H24BrN5O2. The maximum absolute atomic E-state index is 12.2. The predicted octanol–water partition coefficient (Wildman–Crippen LogP) is 3.36. The average Bonchev–Trinajstić information content (AvgIpc) is 3.03. The standard InChI is InChI=1S/C18H24BrN5O2/c1-11-10-16(24(2)3)23-18(20-11)22-13-6-4-12(5-7-13)21-17(25)14-8-9-15(19)26-14/h8-10,12-13H,4-7H2,1-3H3,(H,21,25)(H,20,22,23). The molecular weight excluding hydrogens is 398 g/mol. The average molecular weight is 422 g/mol. The molecule has 0 bridgehead atoms. The number of rotatable bonds is 5. The molecule has 0 radical (unpaired) electrons. The van der Waals surface area contributed by atoms with Crippen LogP contribution >= 0.6 is 15.9 Å². The fraction of sp³-hybridized carbons (Fsp3) is 0.500. The van der Waals surface area contributed by atoms with Crippen LogP contribution in [0.3, 0.4) is 0 Å². The number of nitrogens with one attached hydrogen (secondary N) is 2. The molecule has 1 aliphatic rings. The van der Waals surface area contributed by atoms with E-state index in [0.717, 1.165) is 37.2 Å². The Morgan fingerprint density at radius 3 is 2.50 bits per heavy atom. The Labute approximate surface area is 161 Å². The minimum absolute atomic E-state index is 0.162. The molecule has 0 unspecified atom stereocenters. The summed E-state index contributed by atoms with van der Waals surface area (Å²) in [5.41, 5.74) is 0.941. The van der Waals surface area contributed by atoms with Gasteiger partial charge < -0.3 is 20.0 Å². The van der Waals surface area contributed by atoms with Gasteiger partial charge in [0, 0.05) is 37.9 Å². The van der Waals surface area contributed by atoms with Gasteiger partial charge in [-0.05, 0) is 60.7 Å². The number of nitrogens with zero attached hydrogens (tertiary/aromatic N) is 3. The van der Waals surface area contributed by atoms with Crippen LogP contribution in [0.2, 0.25) is 0 Å². The summed E-state index contributed by atoms with van der Waals surface area (Å²) < 4.78 is 5.86. The van der Waals surface area contributed by atoms with Crippen LogP contribution in [-0.4, -0.2) is 42.1 Å². The zero-order valence-corrected chi connectivity index (χ0v) is 16.8. The molecule has 2 aromatic rings. The molecule has 0 saturated heterocycles. The normalized spacial score (nSPS) is 19.8. The topological polar surface area (TPSA) is 83.3 Å². The molecule has 1 fully saturated rings. The lowest BCUT2D eigenvalue weighted by Gasteiger charge is -2.29. The molecule has 2 heterocycles. The number of furan rings is 1. The number of amides is 1. The second-order valence-corrected chi connectivity index (χ2v) is 7.64. The van der Waals surface area contributed by atoms with E-state index in [0.29, 0.717) is 22.4 Å². The predicted molar refractivity (Wildman–Crippen MR) is 105 cm³/mol. The highest BCUT2D eigenvalue weighted by molar-refractivity contribution is 9.10. The lowest BCUT2D eigenvalue weighted by molar-refractivity contribution is 0.0897. The van der Waals surface area contributed by atoms with Gasteiger partial charge in [0.15, 0.2) is 10.4 Å². The first kappa shape index (κ1) is 18.7. The molecule has 140 valence electrons. The summed E-state index contributed by atoms with van der Waals surface area (Å²) in [6.07, 6.45) is 3.75. The summed E-state index contributed by atoms with van der Waals surface area (Å²) in [6.45, 7) is 1.97. The van der Waals surface area contributed by atoms with E-state index in [1.807, 2.05) is 32.0 Å². The lowest BCUT2D eigenvalue weighted by atomic mass is 9.91. The molecule has 2 N–H and O–H groups in total. The van der Waals surface area contributed by atoms with Crippen molar-refractivity contribution in [3.8, 4) is 0 Å². The van der Waals surface area contributed by atoms with Crippen LogP contribution in [0.25, 0.3) is 0 Å². The Kier molecular flexibility index (Phi) is 5.80. The molecule has 7 nitrogen and oxygen atoms in total. The minimum Gasteiger partial charge on any atom is -0.444 e. The Hall–Kier alpha value is -2.09. The molecule has 0 aromatic carbocycles. The number of anilines is 2. The van der Waals surface area contributed by atoms with Gasteiger partial charge in [-0.1, -0.05) is 0 Å². The van der Waals surface area contributed by atoms with E-state index >= 15 is 0 Å². The van der Waals surface area contributed by atoms with E-state index in [2.05, 4.69) is 36.5 Å². The first-order valence-electron chi connectivity index (χ1n) is 8.76. The SMILES string of the molecule is Cc1cc(N(C)C)nc(NC2CCC(NC(=O)c3ccc(Br)o3)CC2)n1. The number of carbonyl (C=O) groups is 1. The molecule has 26 heavy (non-hydrogen) atoms. The smallest absolute Gasteiger partial charge is 0.287 e. The molecule has 0 spiro atoms. The Morgan fingerprint density at radius 2 is 1.88 bits per heavy atom. The number of hydrogen-bond donors (Lipinski definition) is 2. The lowest BCUT2D eigenvalue weighted by Crippen LogP contribution is -2.40. The van der Waals surface area contributed by atoms with Gasteiger partial charge >= 0.3 is 0 Å². The van der Waals surface area contributed by atoms with Gasteiger partial charge in [0.05, 0.1) is 0 Å². The Balaban J connectivity index is 1.52. The second-order valence-electron chi connectivity index (χ2n) is 6.86. The second kappa shape index (κ2) is 8.07. The van der Waals surface area contributed by atoms with Gasteiger partial charge in [-0.25, -0.2) is 4.98 Å². The maximum Gasteiger partial charge on any atom is 0.287 e. The zero-order chi connectivity index (χ0) is 18.7. The number of aryl methyl sites for hydroxylation is 1. The summed E-state index contributed by atoms with van der Waals surface area (Å²) >= 11 is 3.21. The number of halogens is 1. The molecule has 1 saturated carbocycles. The monoisotopic (exact) mass is 421 g/mol. The van der Waals surface area contributed by atoms with Crippen molar-refractivity contribution in [1.29, 1.82) is 0 Å². The molecule has 0 aliphatic heterocycles. The molecule has 2 aromatic heterocycles. The summed E-state index contributed by atoms with van der Waals surface area (Å²) in [5, 5.41) is 6.49. The zero-order valence-electron chi connectivity index (χ0n) is 15.3. The molecule has 1 aliphatic carbocycles. The first-order chi connectivity index (χ1) is 12.4. The van der Waals surface area contributed by atoms with Crippen LogP contribution in [0, 0.1) is 6.92 Å². The van der Waals surface area contributed by atoms with Crippen LogP contribution in [0.1, 0.15) is 41.9 Å². The third kappa shape index (κ3) is 4.75. The highest BCUT2D eigenvalue weighted by atomic mass is 79.9. The van der Waals surface area contributed by atoms with Gasteiger partial charge in [-0.3, -0.25) is 4.79 Å². The van der Waals surface area contributed by atoms with Gasteiger partial charge in [0.25, 0.3) is 5.91 Å². The van der Waals surface area contributed by atoms with Gasteiger partial charge in [0.1, 0.15) is 5.82 Å². The van der Waals surface area contributed by atoms with Gasteiger partial charge in [-0.2, -0.15) is 4.98 Å². The van der Waals surface area contributed by atoms with E-state index in [1.54, 1.807) is 12.1 Å². The van der Waals surface area contributed by atoms with Crippen molar-refractivity contribution in [2.24, 2.45) is 0 Å². The van der Waals surface area contributed by atoms with Gasteiger partial charge in [-0.15, -0.1) is 0 Å². The largest absolute Gasteiger partial charge is 0.444 e. The van der Waals surface area contributed by atoms with E-state index < -0.39 is 0 Å². The van der Waals surface area contributed by atoms with Crippen LogP contribution in [0.4, 0.5) is 11.8 Å². The molecule has 1 amide bonds. The molecule has 3 rings (SSSR count). The fourth-order valence-corrected chi connectivity index (χ4v) is 3.41. The Morgan fingerprint density at radius 1 is 1.19 bits per heavy atom. The number of hydrogen-bond acceptors (Lipinski definition) is 6. The van der Waals surface area contributed by atoms with Crippen molar-refractivity contribution in [2.75, 3.05) is 24.3 Å². The van der Waals surface area contributed by atoms with E-state index in [1.165, 1.54) is 0 Å². The Bertz CT molecular complexity index is 769. The molecule has 0 atom stereocenters. The first-order valence-corrected chi connectivity index (χ1v) is 9.56. The van der Waals surface area contributed by atoms with Gasteiger partial charge in [0.2, 0.25) is 5.95 Å². The van der Waals surface area contributed by atoms with Crippen molar-refractivity contribution in [2.45, 2.75) is 44.7 Å². The van der Waals surface area contributed by atoms with E-state index in [9.17, 15) is 4.79 Å². The summed E-state index contributed by atoms with van der Waals surface area (Å²) in [4.78, 5) is 23.2. The van der Waals surface area contributed by atoms with E-state index in [4.69, 9.17) is 4.42 Å². The highest BCUT2D eigenvalue weighted by Gasteiger charge is 2.24. The van der Waals surface area contributed by atoms with Crippen molar-refractivity contribution in [3.05, 3.63) is 34.3 Å². The summed E-state index contributed by atoms with van der Waals surface area (Å²) in [7, 11) is 3.94. The van der Waals surface area contributed by atoms with Crippen LogP contribution in [0.5, 0.6) is 0 Å². The van der Waals surface area contributed by atoms with E-state index in [-0.39, 0.29) is 11.9 Å². The highest BCUT2D eigenvalue weighted by Crippen LogP contribution is 2.23. The number of carbonyl (C=O) groups excluding carboxylic acids is 1. The van der Waals surface area contributed by atoms with Crippen LogP contribution in [0.15, 0.2) is 27.3 Å². The summed E-state index contributed by atoms with van der Waals surface area (Å²) in [5.74, 6) is 1.73. The fourth-order valence-electron chi connectivity index (χ4n) is 3.10. The third-order valence-corrected chi connectivity index (χ3v) is 4.92. The van der Waals surface area contributed by atoms with Crippen LogP contribution < -0.4 is 15.5 Å². The minimum atomic E-state index is -0.162. The van der Waals surface area contributed by atoms with Crippen LogP contribution in [-0.2, 0) is 0 Å². The summed E-state index contributed by atoms with van der Waals surface area (Å²) in [6, 6.07) is 5.84. The molecule has 8 heteroatoms. The van der Waals surface area contributed by atoms with Crippen molar-refractivity contribution in [3.63, 3.8) is 0 Å². The van der Waals surface area contributed by atoms with Crippen molar-refractivity contribution in [1.82, 2.24) is 15.3 Å².